The Hall–Kier alpha value is -1.39. The predicted octanol–water partition coefficient (Wildman–Crippen LogP) is 3.93. The average molecular weight is 307 g/mol. The molecule has 0 aliphatic carbocycles. The number of nitrogens with zero attached hydrogens (tertiary/aromatic N) is 3. The number of halogens is 1. The maximum absolute atomic E-state index is 6.24. The molecule has 1 N–H and O–H groups in total. The van der Waals surface area contributed by atoms with Crippen LogP contribution < -0.4 is 5.32 Å². The summed E-state index contributed by atoms with van der Waals surface area (Å²) in [5, 5.41) is 8.63. The normalized spacial score (nSPS) is 12.1. The van der Waals surface area contributed by atoms with Crippen LogP contribution in [0, 0.1) is 0 Å². The zero-order chi connectivity index (χ0) is 15.6. The molecule has 0 bridgehead atoms. The fourth-order valence-electron chi connectivity index (χ4n) is 1.85. The summed E-state index contributed by atoms with van der Waals surface area (Å²) in [6, 6.07) is 5.79. The van der Waals surface area contributed by atoms with Gasteiger partial charge in [-0.05, 0) is 44.9 Å². The quantitative estimate of drug-likeness (QED) is 0.930. The van der Waals surface area contributed by atoms with E-state index in [1.54, 1.807) is 4.68 Å². The summed E-state index contributed by atoms with van der Waals surface area (Å²) in [6.45, 7) is 11.2. The summed E-state index contributed by atoms with van der Waals surface area (Å²) in [5.41, 5.74) is 1.92. The van der Waals surface area contributed by atoms with Crippen molar-refractivity contribution in [2.24, 2.45) is 0 Å². The molecule has 2 rings (SSSR count). The third-order valence-electron chi connectivity index (χ3n) is 3.13. The molecular weight excluding hydrogens is 284 g/mol. The summed E-state index contributed by atoms with van der Waals surface area (Å²) in [5.74, 6) is 1.19. The Morgan fingerprint density at radius 1 is 1.24 bits per heavy atom. The molecule has 0 saturated carbocycles. The van der Waals surface area contributed by atoms with E-state index < -0.39 is 0 Å². The molecule has 0 unspecified atom stereocenters. The molecule has 0 radical (unpaired) electrons. The van der Waals surface area contributed by atoms with Gasteiger partial charge in [0.05, 0.1) is 16.4 Å². The third kappa shape index (κ3) is 4.29. The lowest BCUT2D eigenvalue weighted by molar-refractivity contribution is 0.421. The number of aromatic nitrogens is 3. The standard InChI is InChI=1S/C16H23ClN4/c1-11(2)13-8-9-21(20-13)15-7-6-12(17)14(19-15)10-18-16(3,4)5/h6-9,11,18H,10H2,1-5H3. The summed E-state index contributed by atoms with van der Waals surface area (Å²) in [7, 11) is 0. The lowest BCUT2D eigenvalue weighted by atomic mass is 10.1. The molecule has 2 heterocycles. The van der Waals surface area contributed by atoms with Crippen LogP contribution in [0.4, 0.5) is 0 Å². The van der Waals surface area contributed by atoms with Crippen molar-refractivity contribution < 1.29 is 0 Å². The van der Waals surface area contributed by atoms with Crippen molar-refractivity contribution >= 4 is 11.6 Å². The zero-order valence-electron chi connectivity index (χ0n) is 13.3. The maximum Gasteiger partial charge on any atom is 0.153 e. The van der Waals surface area contributed by atoms with Crippen LogP contribution in [0.3, 0.4) is 0 Å². The van der Waals surface area contributed by atoms with Crippen molar-refractivity contribution in [3.8, 4) is 5.82 Å². The number of hydrogen-bond acceptors (Lipinski definition) is 3. The van der Waals surface area contributed by atoms with E-state index in [-0.39, 0.29) is 5.54 Å². The van der Waals surface area contributed by atoms with Gasteiger partial charge >= 0.3 is 0 Å². The van der Waals surface area contributed by atoms with E-state index in [2.05, 4.69) is 50.0 Å². The van der Waals surface area contributed by atoms with Crippen molar-refractivity contribution in [1.29, 1.82) is 0 Å². The molecule has 5 heteroatoms. The second-order valence-corrected chi connectivity index (χ2v) is 6.95. The number of nitrogens with one attached hydrogen (secondary N) is 1. The Bertz CT molecular complexity index is 611. The molecule has 0 atom stereocenters. The minimum atomic E-state index is 0.0253. The Morgan fingerprint density at radius 2 is 1.95 bits per heavy atom. The van der Waals surface area contributed by atoms with Gasteiger partial charge in [0.25, 0.3) is 0 Å². The van der Waals surface area contributed by atoms with Crippen molar-refractivity contribution in [1.82, 2.24) is 20.1 Å². The van der Waals surface area contributed by atoms with Crippen LogP contribution in [0.15, 0.2) is 24.4 Å². The van der Waals surface area contributed by atoms with Gasteiger partial charge in [-0.3, -0.25) is 0 Å². The second kappa shape index (κ2) is 6.16. The fourth-order valence-corrected chi connectivity index (χ4v) is 2.02. The van der Waals surface area contributed by atoms with Crippen LogP contribution in [-0.4, -0.2) is 20.3 Å². The number of pyridine rings is 1. The molecular formula is C16H23ClN4. The van der Waals surface area contributed by atoms with Crippen molar-refractivity contribution in [2.75, 3.05) is 0 Å². The van der Waals surface area contributed by atoms with Crippen LogP contribution in [0.25, 0.3) is 5.82 Å². The number of rotatable bonds is 4. The first kappa shape index (κ1) is 16.0. The van der Waals surface area contributed by atoms with Crippen molar-refractivity contribution in [3.63, 3.8) is 0 Å². The smallest absolute Gasteiger partial charge is 0.153 e. The van der Waals surface area contributed by atoms with Crippen molar-refractivity contribution in [3.05, 3.63) is 40.8 Å². The molecule has 0 amide bonds. The molecule has 2 aromatic rings. The molecule has 114 valence electrons. The minimum absolute atomic E-state index is 0.0253. The van der Waals surface area contributed by atoms with Crippen LogP contribution in [0.1, 0.15) is 51.9 Å². The highest BCUT2D eigenvalue weighted by Gasteiger charge is 2.12. The van der Waals surface area contributed by atoms with Gasteiger partial charge in [0.15, 0.2) is 5.82 Å². The average Bonchev–Trinajstić information content (AvgIpc) is 2.86. The Morgan fingerprint density at radius 3 is 2.52 bits per heavy atom. The lowest BCUT2D eigenvalue weighted by Crippen LogP contribution is -2.35. The molecule has 4 nitrogen and oxygen atoms in total. The molecule has 0 saturated heterocycles. The first-order chi connectivity index (χ1) is 9.76. The summed E-state index contributed by atoms with van der Waals surface area (Å²) in [6.07, 6.45) is 1.94. The van der Waals surface area contributed by atoms with E-state index in [0.29, 0.717) is 17.5 Å². The summed E-state index contributed by atoms with van der Waals surface area (Å²) < 4.78 is 1.80. The third-order valence-corrected chi connectivity index (χ3v) is 3.47. The zero-order valence-corrected chi connectivity index (χ0v) is 14.1. The largest absolute Gasteiger partial charge is 0.306 e. The topological polar surface area (TPSA) is 42.7 Å². The van der Waals surface area contributed by atoms with E-state index in [4.69, 9.17) is 11.6 Å². The minimum Gasteiger partial charge on any atom is -0.306 e. The molecule has 0 fully saturated rings. The predicted molar refractivity (Wildman–Crippen MR) is 87.1 cm³/mol. The summed E-state index contributed by atoms with van der Waals surface area (Å²) >= 11 is 6.24. The van der Waals surface area contributed by atoms with Crippen molar-refractivity contribution in [2.45, 2.75) is 52.6 Å². The van der Waals surface area contributed by atoms with E-state index in [1.807, 2.05) is 24.4 Å². The van der Waals surface area contributed by atoms with E-state index >= 15 is 0 Å². The Kier molecular flexibility index (Phi) is 4.69. The lowest BCUT2D eigenvalue weighted by Gasteiger charge is -2.20. The van der Waals surface area contributed by atoms with Crippen LogP contribution in [0.5, 0.6) is 0 Å². The first-order valence-electron chi connectivity index (χ1n) is 7.22. The molecule has 2 aromatic heterocycles. The van der Waals surface area contributed by atoms with Gasteiger partial charge in [-0.15, -0.1) is 0 Å². The maximum atomic E-state index is 6.24. The van der Waals surface area contributed by atoms with Gasteiger partial charge in [-0.2, -0.15) is 5.10 Å². The summed E-state index contributed by atoms with van der Waals surface area (Å²) in [4.78, 5) is 4.62. The van der Waals surface area contributed by atoms with E-state index in [1.165, 1.54) is 0 Å². The van der Waals surface area contributed by atoms with Gasteiger partial charge in [-0.1, -0.05) is 25.4 Å². The Labute approximate surface area is 131 Å². The van der Waals surface area contributed by atoms with Gasteiger partial charge in [-0.25, -0.2) is 9.67 Å². The highest BCUT2D eigenvalue weighted by Crippen LogP contribution is 2.18. The van der Waals surface area contributed by atoms with Gasteiger partial charge in [0.1, 0.15) is 0 Å². The van der Waals surface area contributed by atoms with Crippen LogP contribution >= 0.6 is 11.6 Å². The number of hydrogen-bond donors (Lipinski definition) is 1. The SMILES string of the molecule is CC(C)c1ccn(-c2ccc(Cl)c(CNC(C)(C)C)n2)n1. The molecule has 0 spiro atoms. The monoisotopic (exact) mass is 306 g/mol. The fraction of sp³-hybridized carbons (Fsp3) is 0.500. The second-order valence-electron chi connectivity index (χ2n) is 6.54. The first-order valence-corrected chi connectivity index (χ1v) is 7.60. The van der Waals surface area contributed by atoms with Crippen LogP contribution in [-0.2, 0) is 6.54 Å². The van der Waals surface area contributed by atoms with Gasteiger partial charge in [0.2, 0.25) is 0 Å². The van der Waals surface area contributed by atoms with E-state index in [0.717, 1.165) is 17.2 Å². The Balaban J connectivity index is 2.25. The van der Waals surface area contributed by atoms with Gasteiger partial charge in [0, 0.05) is 18.3 Å². The molecule has 0 aromatic carbocycles. The molecule has 0 aliphatic heterocycles. The molecule has 21 heavy (non-hydrogen) atoms. The van der Waals surface area contributed by atoms with Gasteiger partial charge < -0.3 is 5.32 Å². The van der Waals surface area contributed by atoms with Crippen LogP contribution in [0.2, 0.25) is 5.02 Å². The highest BCUT2D eigenvalue weighted by atomic mass is 35.5. The highest BCUT2D eigenvalue weighted by molar-refractivity contribution is 6.31. The van der Waals surface area contributed by atoms with E-state index in [9.17, 15) is 0 Å². The molecule has 0 aliphatic rings.